The number of halogens is 1. The average molecular weight is 409 g/mol. The Morgan fingerprint density at radius 1 is 1.26 bits per heavy atom. The van der Waals surface area contributed by atoms with Gasteiger partial charge in [-0.1, -0.05) is 11.6 Å². The third-order valence-corrected chi connectivity index (χ3v) is 4.97. The fourth-order valence-corrected chi connectivity index (χ4v) is 2.97. The maximum Gasteiger partial charge on any atom is 0.241 e. The monoisotopic (exact) mass is 408 g/mol. The number of guanidine groups is 1. The minimum absolute atomic E-state index is 0.0134. The molecule has 1 aromatic carbocycles. The summed E-state index contributed by atoms with van der Waals surface area (Å²) in [6.07, 6.45) is 1.74. The first-order valence-electron chi connectivity index (χ1n) is 8.53. The summed E-state index contributed by atoms with van der Waals surface area (Å²) in [5.74, 6) is 1.44. The van der Waals surface area contributed by atoms with Crippen LogP contribution in [-0.2, 0) is 18.4 Å². The lowest BCUT2D eigenvalue weighted by Gasteiger charge is -2.15. The first-order chi connectivity index (χ1) is 13.0. The van der Waals surface area contributed by atoms with Crippen molar-refractivity contribution in [1.82, 2.24) is 25.3 Å². The molecule has 0 atom stereocenters. The summed E-state index contributed by atoms with van der Waals surface area (Å²) in [5, 5.41) is 11.2. The number of amides is 1. The quantitative estimate of drug-likeness (QED) is 0.302. The fourth-order valence-electron chi connectivity index (χ4n) is 2.08. The van der Waals surface area contributed by atoms with Crippen LogP contribution in [0, 0.1) is 0 Å². The van der Waals surface area contributed by atoms with Crippen molar-refractivity contribution in [3.63, 3.8) is 0 Å². The SMILES string of the molecule is CN(C)C(=O)CNC(=NCc1ccnn1C)NCCSc1ccc(Cl)cc1. The maximum absolute atomic E-state index is 11.8. The molecule has 0 spiro atoms. The van der Waals surface area contributed by atoms with Crippen LogP contribution in [0.5, 0.6) is 0 Å². The van der Waals surface area contributed by atoms with Gasteiger partial charge in [0.1, 0.15) is 0 Å². The Morgan fingerprint density at radius 3 is 2.63 bits per heavy atom. The summed E-state index contributed by atoms with van der Waals surface area (Å²) in [6, 6.07) is 9.68. The lowest BCUT2D eigenvalue weighted by molar-refractivity contribution is -0.127. The number of carbonyl (C=O) groups excluding carboxylic acids is 1. The zero-order valence-corrected chi connectivity index (χ0v) is 17.3. The smallest absolute Gasteiger partial charge is 0.241 e. The zero-order valence-electron chi connectivity index (χ0n) is 15.8. The molecule has 27 heavy (non-hydrogen) atoms. The first-order valence-corrected chi connectivity index (χ1v) is 9.89. The molecule has 1 aromatic heterocycles. The van der Waals surface area contributed by atoms with Gasteiger partial charge in [-0.15, -0.1) is 11.8 Å². The van der Waals surface area contributed by atoms with Crippen molar-refractivity contribution < 1.29 is 4.79 Å². The van der Waals surface area contributed by atoms with E-state index in [-0.39, 0.29) is 12.5 Å². The highest BCUT2D eigenvalue weighted by Crippen LogP contribution is 2.19. The molecule has 0 bridgehead atoms. The van der Waals surface area contributed by atoms with Crippen molar-refractivity contribution in [2.45, 2.75) is 11.4 Å². The number of aryl methyl sites for hydroxylation is 1. The molecule has 2 aromatic rings. The molecule has 0 aliphatic carbocycles. The van der Waals surface area contributed by atoms with E-state index in [1.165, 1.54) is 0 Å². The summed E-state index contributed by atoms with van der Waals surface area (Å²) in [5.41, 5.74) is 0.991. The number of nitrogens with zero attached hydrogens (tertiary/aromatic N) is 4. The molecule has 0 unspecified atom stereocenters. The highest BCUT2D eigenvalue weighted by Gasteiger charge is 2.06. The lowest BCUT2D eigenvalue weighted by atomic mass is 10.4. The second-order valence-corrected chi connectivity index (χ2v) is 7.59. The Morgan fingerprint density at radius 2 is 2.00 bits per heavy atom. The van der Waals surface area contributed by atoms with Crippen LogP contribution in [0.25, 0.3) is 0 Å². The Labute approximate surface area is 169 Å². The van der Waals surface area contributed by atoms with Gasteiger partial charge in [0.15, 0.2) is 5.96 Å². The molecular weight excluding hydrogens is 384 g/mol. The second-order valence-electron chi connectivity index (χ2n) is 5.98. The van der Waals surface area contributed by atoms with Crippen molar-refractivity contribution in [3.8, 4) is 0 Å². The van der Waals surface area contributed by atoms with E-state index < -0.39 is 0 Å². The number of benzene rings is 1. The van der Waals surface area contributed by atoms with Crippen LogP contribution in [0.3, 0.4) is 0 Å². The highest BCUT2D eigenvalue weighted by atomic mass is 35.5. The van der Waals surface area contributed by atoms with Gasteiger partial charge in [0.2, 0.25) is 5.91 Å². The van der Waals surface area contributed by atoms with Crippen molar-refractivity contribution >= 4 is 35.2 Å². The molecule has 2 N–H and O–H groups in total. The Bertz CT molecular complexity index is 759. The van der Waals surface area contributed by atoms with E-state index in [2.05, 4.69) is 20.7 Å². The predicted octanol–water partition coefficient (Wildman–Crippen LogP) is 1.99. The van der Waals surface area contributed by atoms with Gasteiger partial charge in [0.25, 0.3) is 0 Å². The molecule has 0 fully saturated rings. The van der Waals surface area contributed by atoms with Gasteiger partial charge in [0, 0.05) is 49.6 Å². The Hall–Kier alpha value is -2.19. The van der Waals surface area contributed by atoms with Gasteiger partial charge in [-0.2, -0.15) is 5.10 Å². The van der Waals surface area contributed by atoms with Gasteiger partial charge >= 0.3 is 0 Å². The lowest BCUT2D eigenvalue weighted by Crippen LogP contribution is -2.43. The summed E-state index contributed by atoms with van der Waals surface area (Å²) < 4.78 is 1.78. The molecule has 7 nitrogen and oxygen atoms in total. The molecule has 146 valence electrons. The third kappa shape index (κ3) is 7.52. The molecule has 0 aliphatic heterocycles. The fraction of sp³-hybridized carbons (Fsp3) is 0.389. The normalized spacial score (nSPS) is 11.3. The average Bonchev–Trinajstić information content (AvgIpc) is 3.06. The molecule has 1 heterocycles. The second kappa shape index (κ2) is 10.8. The maximum atomic E-state index is 11.8. The third-order valence-electron chi connectivity index (χ3n) is 3.70. The van der Waals surface area contributed by atoms with E-state index in [0.29, 0.717) is 19.0 Å². The number of rotatable bonds is 8. The number of thioether (sulfide) groups is 1. The summed E-state index contributed by atoms with van der Waals surface area (Å²) in [7, 11) is 5.34. The summed E-state index contributed by atoms with van der Waals surface area (Å²) >= 11 is 7.63. The van der Waals surface area contributed by atoms with E-state index in [4.69, 9.17) is 11.6 Å². The number of hydrogen-bond acceptors (Lipinski definition) is 4. The van der Waals surface area contributed by atoms with Crippen LogP contribution in [0.15, 0.2) is 46.4 Å². The van der Waals surface area contributed by atoms with E-state index in [1.807, 2.05) is 37.4 Å². The van der Waals surface area contributed by atoms with Gasteiger partial charge in [-0.05, 0) is 30.3 Å². The number of likely N-dealkylation sites (N-methyl/N-ethyl adjacent to an activating group) is 1. The van der Waals surface area contributed by atoms with Gasteiger partial charge < -0.3 is 15.5 Å². The van der Waals surface area contributed by atoms with Gasteiger partial charge in [0.05, 0.1) is 18.8 Å². The number of carbonyl (C=O) groups is 1. The van der Waals surface area contributed by atoms with E-state index in [0.717, 1.165) is 21.4 Å². The van der Waals surface area contributed by atoms with Crippen LogP contribution in [0.2, 0.25) is 5.02 Å². The standard InChI is InChI=1S/C18H25ClN6OS/c1-24(2)17(26)13-22-18(21-12-15-8-9-23-25(15)3)20-10-11-27-16-6-4-14(19)5-7-16/h4-9H,10-13H2,1-3H3,(H2,20,21,22). The minimum Gasteiger partial charge on any atom is -0.356 e. The van der Waals surface area contributed by atoms with Crippen molar-refractivity contribution in [3.05, 3.63) is 47.2 Å². The molecule has 9 heteroatoms. The summed E-state index contributed by atoms with van der Waals surface area (Å²) in [4.78, 5) is 19.1. The highest BCUT2D eigenvalue weighted by molar-refractivity contribution is 7.99. The zero-order chi connectivity index (χ0) is 19.6. The van der Waals surface area contributed by atoms with Crippen molar-refractivity contribution in [2.75, 3.05) is 32.9 Å². The van der Waals surface area contributed by atoms with Crippen LogP contribution in [-0.4, -0.2) is 59.5 Å². The minimum atomic E-state index is -0.0134. The van der Waals surface area contributed by atoms with E-state index in [9.17, 15) is 4.79 Å². The molecule has 2 rings (SSSR count). The predicted molar refractivity (Wildman–Crippen MR) is 111 cm³/mol. The van der Waals surface area contributed by atoms with Crippen LogP contribution in [0.4, 0.5) is 0 Å². The number of nitrogens with one attached hydrogen (secondary N) is 2. The molecule has 0 aliphatic rings. The Balaban J connectivity index is 1.87. The van der Waals surface area contributed by atoms with Gasteiger partial charge in [-0.25, -0.2) is 4.99 Å². The molecule has 0 radical (unpaired) electrons. The largest absolute Gasteiger partial charge is 0.356 e. The molecule has 1 amide bonds. The molecule has 0 saturated heterocycles. The number of aliphatic imine (C=N–C) groups is 1. The van der Waals surface area contributed by atoms with E-state index >= 15 is 0 Å². The topological polar surface area (TPSA) is 74.5 Å². The number of hydrogen-bond donors (Lipinski definition) is 2. The summed E-state index contributed by atoms with van der Waals surface area (Å²) in [6.45, 7) is 1.38. The number of aromatic nitrogens is 2. The van der Waals surface area contributed by atoms with Crippen LogP contribution >= 0.6 is 23.4 Å². The molecular formula is C18H25ClN6OS. The van der Waals surface area contributed by atoms with Gasteiger partial charge in [-0.3, -0.25) is 9.48 Å². The first kappa shape index (κ1) is 21.1. The Kier molecular flexibility index (Phi) is 8.47. The van der Waals surface area contributed by atoms with Crippen LogP contribution in [0.1, 0.15) is 5.69 Å². The van der Waals surface area contributed by atoms with Crippen molar-refractivity contribution in [2.24, 2.45) is 12.0 Å². The van der Waals surface area contributed by atoms with E-state index in [1.54, 1.807) is 41.6 Å². The van der Waals surface area contributed by atoms with Crippen molar-refractivity contribution in [1.29, 1.82) is 0 Å². The van der Waals surface area contributed by atoms with Crippen LogP contribution < -0.4 is 10.6 Å². The molecule has 0 saturated carbocycles.